The Morgan fingerprint density at radius 3 is 2.54 bits per heavy atom. The van der Waals surface area contributed by atoms with Crippen LogP contribution in [0.4, 0.5) is 8.78 Å². The third-order valence-electron chi connectivity index (χ3n) is 5.52. The summed E-state index contributed by atoms with van der Waals surface area (Å²) < 4.78 is 51.2. The molecule has 0 saturated carbocycles. The number of aliphatic hydroxyl groups excluding tert-OH is 1. The molecule has 0 spiro atoms. The van der Waals surface area contributed by atoms with Gasteiger partial charge in [-0.3, -0.25) is 9.78 Å². The summed E-state index contributed by atoms with van der Waals surface area (Å²) in [6, 6.07) is 4.74. The van der Waals surface area contributed by atoms with Crippen LogP contribution in [-0.4, -0.2) is 58.4 Å². The van der Waals surface area contributed by atoms with Crippen LogP contribution in [0.15, 0.2) is 29.1 Å². The largest absolute Gasteiger partial charge is 0.496 e. The van der Waals surface area contributed by atoms with Crippen LogP contribution in [0, 0.1) is 11.6 Å². The van der Waals surface area contributed by atoms with Gasteiger partial charge in [0, 0.05) is 19.2 Å². The third kappa shape index (κ3) is 5.42. The number of amides is 1. The number of likely N-dealkylation sites (N-methyl/N-ethyl adjacent to an activating group) is 1. The smallest absolute Gasteiger partial charge is 0.332 e. The highest BCUT2D eigenvalue weighted by Gasteiger charge is 2.22. The highest BCUT2D eigenvalue weighted by molar-refractivity contribution is 6.32. The lowest BCUT2D eigenvalue weighted by molar-refractivity contribution is -0.122. The fourth-order valence-corrected chi connectivity index (χ4v) is 3.87. The minimum atomic E-state index is -1.18. The molecule has 2 aromatic carbocycles. The Morgan fingerprint density at radius 1 is 1.13 bits per heavy atom. The number of carbonyl (C=O) groups excluding carboxylic acids is 1. The van der Waals surface area contributed by atoms with Gasteiger partial charge in [-0.1, -0.05) is 11.6 Å². The number of hydrogen-bond donors (Lipinski definition) is 3. The van der Waals surface area contributed by atoms with Gasteiger partial charge in [-0.05, 0) is 12.1 Å². The number of H-pyrrole nitrogens is 1. The van der Waals surface area contributed by atoms with Gasteiger partial charge < -0.3 is 29.4 Å². The van der Waals surface area contributed by atoms with Gasteiger partial charge in [0.1, 0.15) is 24.5 Å². The van der Waals surface area contributed by atoms with Crippen LogP contribution >= 0.6 is 11.6 Å². The number of halogens is 3. The van der Waals surface area contributed by atoms with Crippen LogP contribution in [0.2, 0.25) is 5.02 Å². The van der Waals surface area contributed by atoms with E-state index in [0.29, 0.717) is 0 Å². The number of aromatic amines is 1. The topological polar surface area (TPSA) is 150 Å². The summed E-state index contributed by atoms with van der Waals surface area (Å²) in [7, 11) is 4.03. The lowest BCUT2D eigenvalue weighted by atomic mass is 10.2. The highest BCUT2D eigenvalue weighted by atomic mass is 35.5. The van der Waals surface area contributed by atoms with Gasteiger partial charge in [0.2, 0.25) is 5.88 Å². The molecular weight excluding hydrogens is 544 g/mol. The Kier molecular flexibility index (Phi) is 8.16. The predicted octanol–water partition coefficient (Wildman–Crippen LogP) is 2.25. The monoisotopic (exact) mass is 565 g/mol. The minimum absolute atomic E-state index is 0.00621. The van der Waals surface area contributed by atoms with Crippen molar-refractivity contribution in [3.8, 4) is 28.8 Å². The SMILES string of the molecule is CNC(=O)COc1cc(Cl)c(-n2c(=O)[nH]c3c(OC)nc(CO)nc32)cc1OCc1c(OC)ccc(F)c1F. The lowest BCUT2D eigenvalue weighted by Gasteiger charge is -2.17. The summed E-state index contributed by atoms with van der Waals surface area (Å²) in [4.78, 5) is 35.6. The lowest BCUT2D eigenvalue weighted by Crippen LogP contribution is -2.25. The molecule has 206 valence electrons. The number of aromatic nitrogens is 4. The van der Waals surface area contributed by atoms with Crippen molar-refractivity contribution in [2.75, 3.05) is 27.9 Å². The van der Waals surface area contributed by atoms with E-state index >= 15 is 0 Å². The van der Waals surface area contributed by atoms with Crippen molar-refractivity contribution in [1.82, 2.24) is 24.8 Å². The van der Waals surface area contributed by atoms with Gasteiger partial charge >= 0.3 is 5.69 Å². The third-order valence-corrected chi connectivity index (χ3v) is 5.82. The summed E-state index contributed by atoms with van der Waals surface area (Å²) in [6.45, 7) is -1.48. The highest BCUT2D eigenvalue weighted by Crippen LogP contribution is 2.37. The maximum Gasteiger partial charge on any atom is 0.332 e. The zero-order chi connectivity index (χ0) is 28.3. The molecule has 0 aliphatic carbocycles. The molecule has 0 aliphatic heterocycles. The standard InChI is InChI=1S/C24H22ClF2N5O7/c1-28-19(34)10-39-16-6-12(25)14(7-17(16)38-9-11-15(36-2)5-4-13(26)20(11)27)32-22-21(31-24(32)35)23(37-3)30-18(8-33)29-22/h4-7,33H,8-10H2,1-3H3,(H,28,34)(H,31,35). The van der Waals surface area contributed by atoms with Crippen molar-refractivity contribution < 1.29 is 37.6 Å². The van der Waals surface area contributed by atoms with Crippen LogP contribution in [0.25, 0.3) is 16.9 Å². The fraction of sp³-hybridized carbons (Fsp3) is 0.250. The molecule has 0 unspecified atom stereocenters. The van der Waals surface area contributed by atoms with Crippen molar-refractivity contribution in [3.05, 3.63) is 62.8 Å². The van der Waals surface area contributed by atoms with Crippen molar-refractivity contribution in [2.24, 2.45) is 0 Å². The summed E-state index contributed by atoms with van der Waals surface area (Å²) in [6.07, 6.45) is 0. The Balaban J connectivity index is 1.86. The number of fused-ring (bicyclic) bond motifs is 1. The van der Waals surface area contributed by atoms with Crippen LogP contribution < -0.4 is 30.0 Å². The van der Waals surface area contributed by atoms with E-state index in [1.54, 1.807) is 0 Å². The van der Waals surface area contributed by atoms with Crippen LogP contribution in [0.3, 0.4) is 0 Å². The molecule has 15 heteroatoms. The Bertz CT molecular complexity index is 1610. The van der Waals surface area contributed by atoms with E-state index in [0.717, 1.165) is 10.6 Å². The number of carbonyl (C=O) groups is 1. The molecule has 3 N–H and O–H groups in total. The first-order valence-corrected chi connectivity index (χ1v) is 11.6. The fourth-order valence-electron chi connectivity index (χ4n) is 3.63. The van der Waals surface area contributed by atoms with E-state index in [1.807, 2.05) is 0 Å². The van der Waals surface area contributed by atoms with E-state index in [9.17, 15) is 23.5 Å². The van der Waals surface area contributed by atoms with E-state index in [1.165, 1.54) is 39.5 Å². The summed E-state index contributed by atoms with van der Waals surface area (Å²) in [5.41, 5.74) is -0.699. The van der Waals surface area contributed by atoms with Crippen molar-refractivity contribution in [1.29, 1.82) is 0 Å². The number of aliphatic hydroxyl groups is 1. The molecule has 1 amide bonds. The number of imidazole rings is 1. The first-order chi connectivity index (χ1) is 18.7. The average molecular weight is 566 g/mol. The number of nitrogens with one attached hydrogen (secondary N) is 2. The predicted molar refractivity (Wildman–Crippen MR) is 134 cm³/mol. The number of benzene rings is 2. The molecule has 0 radical (unpaired) electrons. The maximum absolute atomic E-state index is 14.6. The van der Waals surface area contributed by atoms with Crippen LogP contribution in [0.1, 0.15) is 11.4 Å². The van der Waals surface area contributed by atoms with E-state index in [-0.39, 0.29) is 56.4 Å². The number of methoxy groups -OCH3 is 2. The Morgan fingerprint density at radius 2 is 1.87 bits per heavy atom. The van der Waals surface area contributed by atoms with Crippen LogP contribution in [0.5, 0.6) is 23.1 Å². The number of ether oxygens (including phenoxy) is 4. The minimum Gasteiger partial charge on any atom is -0.496 e. The molecule has 4 aromatic rings. The Hall–Kier alpha value is -4.43. The van der Waals surface area contributed by atoms with E-state index in [4.69, 9.17) is 30.5 Å². The van der Waals surface area contributed by atoms with Crippen molar-refractivity contribution in [3.63, 3.8) is 0 Å². The molecule has 0 aliphatic rings. The van der Waals surface area contributed by atoms with Gasteiger partial charge in [0.15, 0.2) is 41.2 Å². The van der Waals surface area contributed by atoms with Crippen molar-refractivity contribution >= 4 is 28.7 Å². The zero-order valence-electron chi connectivity index (χ0n) is 20.8. The molecule has 0 saturated heterocycles. The maximum atomic E-state index is 14.6. The summed E-state index contributed by atoms with van der Waals surface area (Å²) in [5.74, 6) is -2.85. The molecule has 0 bridgehead atoms. The van der Waals surface area contributed by atoms with Crippen molar-refractivity contribution in [2.45, 2.75) is 13.2 Å². The van der Waals surface area contributed by atoms with Gasteiger partial charge in [0.25, 0.3) is 5.91 Å². The normalized spacial score (nSPS) is 10.9. The molecule has 12 nitrogen and oxygen atoms in total. The molecule has 0 atom stereocenters. The second-order valence-electron chi connectivity index (χ2n) is 7.81. The van der Waals surface area contributed by atoms with E-state index < -0.39 is 43.1 Å². The van der Waals surface area contributed by atoms with Gasteiger partial charge in [-0.15, -0.1) is 0 Å². The zero-order valence-corrected chi connectivity index (χ0v) is 21.6. The van der Waals surface area contributed by atoms with Gasteiger partial charge in [0.05, 0.1) is 30.5 Å². The molecule has 2 heterocycles. The summed E-state index contributed by atoms with van der Waals surface area (Å²) >= 11 is 6.51. The molecule has 39 heavy (non-hydrogen) atoms. The van der Waals surface area contributed by atoms with Crippen LogP contribution in [-0.2, 0) is 18.0 Å². The number of nitrogens with zero attached hydrogens (tertiary/aromatic N) is 3. The first-order valence-electron chi connectivity index (χ1n) is 11.2. The molecule has 2 aromatic heterocycles. The van der Waals surface area contributed by atoms with E-state index in [2.05, 4.69) is 20.3 Å². The van der Waals surface area contributed by atoms with Gasteiger partial charge in [-0.25, -0.2) is 23.1 Å². The second kappa shape index (κ2) is 11.5. The Labute approximate surface area is 224 Å². The number of rotatable bonds is 10. The summed E-state index contributed by atoms with van der Waals surface area (Å²) in [5, 5.41) is 11.9. The molecule has 4 rings (SSSR count). The number of hydrogen-bond acceptors (Lipinski definition) is 9. The second-order valence-corrected chi connectivity index (χ2v) is 8.22. The average Bonchev–Trinajstić information content (AvgIpc) is 3.27. The quantitative estimate of drug-likeness (QED) is 0.263. The molecular formula is C24H22ClF2N5O7. The van der Waals surface area contributed by atoms with Gasteiger partial charge in [-0.2, -0.15) is 4.98 Å². The molecule has 0 fully saturated rings. The first kappa shape index (κ1) is 27.6.